The minimum Gasteiger partial charge on any atom is -0.423 e. The summed E-state index contributed by atoms with van der Waals surface area (Å²) in [6.45, 7) is 9.44. The van der Waals surface area contributed by atoms with E-state index in [-0.39, 0.29) is 11.9 Å². The number of benzene rings is 1. The van der Waals surface area contributed by atoms with Gasteiger partial charge in [-0.25, -0.2) is 0 Å². The third-order valence-electron chi connectivity index (χ3n) is 3.88. The lowest BCUT2D eigenvalue weighted by molar-refractivity contribution is 0.0935. The fraction of sp³-hybridized carbons (Fsp3) is 0.333. The van der Waals surface area contributed by atoms with E-state index in [2.05, 4.69) is 26.6 Å². The largest absolute Gasteiger partial charge is 0.423 e. The van der Waals surface area contributed by atoms with Crippen molar-refractivity contribution in [2.75, 3.05) is 0 Å². The molecule has 0 bridgehead atoms. The van der Waals surface area contributed by atoms with Gasteiger partial charge in [0.25, 0.3) is 5.91 Å². The van der Waals surface area contributed by atoms with E-state index < -0.39 is 0 Å². The first kappa shape index (κ1) is 16.1. The molecule has 0 saturated carbocycles. The van der Waals surface area contributed by atoms with Gasteiger partial charge >= 0.3 is 0 Å². The van der Waals surface area contributed by atoms with E-state index in [4.69, 9.17) is 4.42 Å². The molecular formula is C18H20N4O2. The molecule has 24 heavy (non-hydrogen) atoms. The Morgan fingerprint density at radius 3 is 2.54 bits per heavy atom. The molecule has 124 valence electrons. The lowest BCUT2D eigenvalue weighted by Gasteiger charge is -2.13. The number of nitrogens with zero attached hydrogens (tertiary/aromatic N) is 3. The molecule has 2 aromatic heterocycles. The number of hydrogen-bond donors (Lipinski definition) is 1. The SMILES string of the molecule is Cc1cc(C)c2nc(C)cc(C(=O)N[C@@H](C)c3nnc(C)o3)c2c1. The van der Waals surface area contributed by atoms with E-state index in [1.165, 1.54) is 0 Å². The summed E-state index contributed by atoms with van der Waals surface area (Å²) in [5.74, 6) is 0.685. The summed E-state index contributed by atoms with van der Waals surface area (Å²) in [6, 6.07) is 5.50. The minimum atomic E-state index is -0.367. The Bertz CT molecular complexity index is 930. The summed E-state index contributed by atoms with van der Waals surface area (Å²) in [4.78, 5) is 17.4. The maximum Gasteiger partial charge on any atom is 0.252 e. The lowest BCUT2D eigenvalue weighted by atomic mass is 10.0. The van der Waals surface area contributed by atoms with Crippen LogP contribution in [0.25, 0.3) is 10.9 Å². The Kier molecular flexibility index (Phi) is 4.05. The summed E-state index contributed by atoms with van der Waals surface area (Å²) in [7, 11) is 0. The highest BCUT2D eigenvalue weighted by Gasteiger charge is 2.19. The number of fused-ring (bicyclic) bond motifs is 1. The average molecular weight is 324 g/mol. The lowest BCUT2D eigenvalue weighted by Crippen LogP contribution is -2.27. The molecule has 0 radical (unpaired) electrons. The summed E-state index contributed by atoms with van der Waals surface area (Å²) >= 11 is 0. The van der Waals surface area contributed by atoms with Gasteiger partial charge in [0.1, 0.15) is 6.04 Å². The van der Waals surface area contributed by atoms with Crippen LogP contribution in [0.4, 0.5) is 0 Å². The quantitative estimate of drug-likeness (QED) is 0.799. The van der Waals surface area contributed by atoms with Crippen molar-refractivity contribution in [2.24, 2.45) is 0 Å². The molecule has 0 fully saturated rings. The number of pyridine rings is 1. The van der Waals surface area contributed by atoms with Crippen LogP contribution in [0.1, 0.15) is 51.9 Å². The number of rotatable bonds is 3. The summed E-state index contributed by atoms with van der Waals surface area (Å²) in [6.07, 6.45) is 0. The van der Waals surface area contributed by atoms with Crippen molar-refractivity contribution in [1.29, 1.82) is 0 Å². The summed E-state index contributed by atoms with van der Waals surface area (Å²) in [5.41, 5.74) is 4.42. The first-order valence-electron chi connectivity index (χ1n) is 7.84. The van der Waals surface area contributed by atoms with Crippen LogP contribution in [0.15, 0.2) is 22.6 Å². The van der Waals surface area contributed by atoms with Crippen LogP contribution in [-0.2, 0) is 0 Å². The Morgan fingerprint density at radius 2 is 1.88 bits per heavy atom. The van der Waals surface area contributed by atoms with Crippen LogP contribution in [0, 0.1) is 27.7 Å². The highest BCUT2D eigenvalue weighted by molar-refractivity contribution is 6.07. The second kappa shape index (κ2) is 6.03. The summed E-state index contributed by atoms with van der Waals surface area (Å²) in [5, 5.41) is 11.5. The van der Waals surface area contributed by atoms with Crippen molar-refractivity contribution in [2.45, 2.75) is 40.7 Å². The fourth-order valence-electron chi connectivity index (χ4n) is 2.82. The van der Waals surface area contributed by atoms with Crippen LogP contribution < -0.4 is 5.32 Å². The number of amides is 1. The topological polar surface area (TPSA) is 80.9 Å². The van der Waals surface area contributed by atoms with Gasteiger partial charge in [-0.15, -0.1) is 10.2 Å². The number of aromatic nitrogens is 3. The van der Waals surface area contributed by atoms with Gasteiger partial charge < -0.3 is 9.73 Å². The molecule has 0 spiro atoms. The first-order valence-corrected chi connectivity index (χ1v) is 7.84. The van der Waals surface area contributed by atoms with Crippen LogP contribution in [0.2, 0.25) is 0 Å². The molecule has 1 aromatic carbocycles. The maximum atomic E-state index is 12.8. The molecule has 0 aliphatic carbocycles. The van der Waals surface area contributed by atoms with E-state index in [9.17, 15) is 4.79 Å². The second-order valence-electron chi connectivity index (χ2n) is 6.14. The van der Waals surface area contributed by atoms with E-state index in [0.29, 0.717) is 17.3 Å². The van der Waals surface area contributed by atoms with Crippen molar-refractivity contribution in [3.63, 3.8) is 0 Å². The smallest absolute Gasteiger partial charge is 0.252 e. The van der Waals surface area contributed by atoms with Crippen molar-refractivity contribution in [1.82, 2.24) is 20.5 Å². The van der Waals surface area contributed by atoms with E-state index in [1.54, 1.807) is 6.92 Å². The number of carbonyl (C=O) groups excluding carboxylic acids is 1. The molecule has 0 aliphatic rings. The number of hydrogen-bond acceptors (Lipinski definition) is 5. The molecular weight excluding hydrogens is 304 g/mol. The third kappa shape index (κ3) is 2.99. The van der Waals surface area contributed by atoms with Gasteiger partial charge in [0, 0.05) is 18.0 Å². The first-order chi connectivity index (χ1) is 11.3. The van der Waals surface area contributed by atoms with Crippen molar-refractivity contribution in [3.05, 3.63) is 52.4 Å². The third-order valence-corrected chi connectivity index (χ3v) is 3.88. The van der Waals surface area contributed by atoms with Gasteiger partial charge in [-0.2, -0.15) is 0 Å². The zero-order valence-corrected chi connectivity index (χ0v) is 14.5. The fourth-order valence-corrected chi connectivity index (χ4v) is 2.82. The Balaban J connectivity index is 2.00. The van der Waals surface area contributed by atoms with E-state index >= 15 is 0 Å². The van der Waals surface area contributed by atoms with E-state index in [0.717, 1.165) is 27.7 Å². The Morgan fingerprint density at radius 1 is 1.12 bits per heavy atom. The van der Waals surface area contributed by atoms with Gasteiger partial charge in [0.15, 0.2) is 0 Å². The predicted molar refractivity (Wildman–Crippen MR) is 90.9 cm³/mol. The molecule has 6 heteroatoms. The van der Waals surface area contributed by atoms with E-state index in [1.807, 2.05) is 39.8 Å². The van der Waals surface area contributed by atoms with Gasteiger partial charge in [0.05, 0.1) is 11.1 Å². The molecule has 1 atom stereocenters. The highest BCUT2D eigenvalue weighted by Crippen LogP contribution is 2.24. The van der Waals surface area contributed by atoms with Gasteiger partial charge in [0.2, 0.25) is 11.8 Å². The highest BCUT2D eigenvalue weighted by atomic mass is 16.4. The van der Waals surface area contributed by atoms with Crippen LogP contribution >= 0.6 is 0 Å². The Hall–Kier alpha value is -2.76. The van der Waals surface area contributed by atoms with Gasteiger partial charge in [-0.3, -0.25) is 9.78 Å². The molecule has 0 aliphatic heterocycles. The monoisotopic (exact) mass is 324 g/mol. The van der Waals surface area contributed by atoms with Crippen molar-refractivity contribution >= 4 is 16.8 Å². The maximum absolute atomic E-state index is 12.8. The number of aryl methyl sites for hydroxylation is 4. The van der Waals surface area contributed by atoms with Crippen molar-refractivity contribution in [3.8, 4) is 0 Å². The molecule has 3 aromatic rings. The van der Waals surface area contributed by atoms with Crippen molar-refractivity contribution < 1.29 is 9.21 Å². The van der Waals surface area contributed by atoms with Gasteiger partial charge in [-0.1, -0.05) is 11.6 Å². The predicted octanol–water partition coefficient (Wildman–Crippen LogP) is 3.34. The van der Waals surface area contributed by atoms with Crippen LogP contribution in [-0.4, -0.2) is 21.1 Å². The number of carbonyl (C=O) groups is 1. The van der Waals surface area contributed by atoms with Crippen LogP contribution in [0.5, 0.6) is 0 Å². The molecule has 3 rings (SSSR count). The van der Waals surface area contributed by atoms with Crippen LogP contribution in [0.3, 0.4) is 0 Å². The normalized spacial score (nSPS) is 12.4. The molecule has 0 saturated heterocycles. The number of nitrogens with one attached hydrogen (secondary N) is 1. The molecule has 6 nitrogen and oxygen atoms in total. The minimum absolute atomic E-state index is 0.182. The standard InChI is InChI=1S/C18H20N4O2/c1-9-6-10(2)16-14(7-9)15(8-11(3)19-16)17(23)20-12(4)18-22-21-13(5)24-18/h6-8,12H,1-5H3,(H,20,23)/t12-/m0/s1. The molecule has 0 unspecified atom stereocenters. The zero-order chi connectivity index (χ0) is 17.4. The zero-order valence-electron chi connectivity index (χ0n) is 14.5. The average Bonchev–Trinajstić information content (AvgIpc) is 2.94. The van der Waals surface area contributed by atoms with Gasteiger partial charge in [-0.05, 0) is 45.4 Å². The summed E-state index contributed by atoms with van der Waals surface area (Å²) < 4.78 is 5.38. The molecule has 2 heterocycles. The second-order valence-corrected chi connectivity index (χ2v) is 6.14. The molecule has 1 amide bonds. The Labute approximate surface area is 140 Å². The molecule has 1 N–H and O–H groups in total.